The van der Waals surface area contributed by atoms with E-state index < -0.39 is 0 Å². The number of ether oxygens (including phenoxy) is 1. The molecular formula is C16H16N4O2. The lowest BCUT2D eigenvalue weighted by Gasteiger charge is -2.39. The van der Waals surface area contributed by atoms with E-state index in [9.17, 15) is 4.79 Å². The van der Waals surface area contributed by atoms with E-state index in [4.69, 9.17) is 10.00 Å². The van der Waals surface area contributed by atoms with Crippen molar-refractivity contribution in [2.45, 2.75) is 12.5 Å². The molecule has 0 bridgehead atoms. The van der Waals surface area contributed by atoms with Crippen LogP contribution in [-0.4, -0.2) is 39.8 Å². The molecule has 1 aliphatic heterocycles. The second-order valence-electron chi connectivity index (χ2n) is 5.37. The van der Waals surface area contributed by atoms with Crippen LogP contribution in [0.5, 0.6) is 5.75 Å². The third-order valence-electron chi connectivity index (χ3n) is 3.60. The van der Waals surface area contributed by atoms with Gasteiger partial charge in [-0.1, -0.05) is 0 Å². The zero-order valence-electron chi connectivity index (χ0n) is 12.3. The number of carbonyl (C=O) groups excluding carboxylic acids is 1. The number of nitrogens with zero attached hydrogens (tertiary/aromatic N) is 4. The van der Waals surface area contributed by atoms with Crippen molar-refractivity contribution in [3.63, 3.8) is 0 Å². The molecule has 0 saturated carbocycles. The first-order chi connectivity index (χ1) is 10.6. The first-order valence-electron chi connectivity index (χ1n) is 7.06. The zero-order valence-corrected chi connectivity index (χ0v) is 12.3. The zero-order chi connectivity index (χ0) is 15.5. The minimum Gasteiger partial charge on any atom is -0.487 e. The fraction of sp³-hybridized carbons (Fsp3) is 0.312. The van der Waals surface area contributed by atoms with Crippen LogP contribution in [-0.2, 0) is 18.3 Å². The van der Waals surface area contributed by atoms with Crippen molar-refractivity contribution in [3.8, 4) is 11.8 Å². The SMILES string of the molecule is Cn1cc(CC(=O)N2CC(Oc3ccc(C#N)cc3)C2)cn1. The number of nitriles is 1. The molecule has 1 saturated heterocycles. The molecule has 1 fully saturated rings. The molecular weight excluding hydrogens is 280 g/mol. The topological polar surface area (TPSA) is 71.2 Å². The molecule has 1 aliphatic rings. The van der Waals surface area contributed by atoms with Crippen molar-refractivity contribution >= 4 is 5.91 Å². The molecule has 2 heterocycles. The summed E-state index contributed by atoms with van der Waals surface area (Å²) in [7, 11) is 1.83. The lowest BCUT2D eigenvalue weighted by atomic mass is 10.1. The predicted molar refractivity (Wildman–Crippen MR) is 79.1 cm³/mol. The van der Waals surface area contributed by atoms with Gasteiger partial charge in [0.05, 0.1) is 37.3 Å². The normalized spacial score (nSPS) is 14.3. The summed E-state index contributed by atoms with van der Waals surface area (Å²) in [4.78, 5) is 13.9. The van der Waals surface area contributed by atoms with E-state index in [0.717, 1.165) is 11.3 Å². The maximum absolute atomic E-state index is 12.1. The quantitative estimate of drug-likeness (QED) is 0.848. The smallest absolute Gasteiger partial charge is 0.227 e. The summed E-state index contributed by atoms with van der Waals surface area (Å²) in [6.45, 7) is 1.19. The van der Waals surface area contributed by atoms with Gasteiger partial charge in [-0.3, -0.25) is 9.48 Å². The fourth-order valence-electron chi connectivity index (χ4n) is 2.37. The maximum atomic E-state index is 12.1. The van der Waals surface area contributed by atoms with Crippen LogP contribution in [0.15, 0.2) is 36.7 Å². The fourth-order valence-corrected chi connectivity index (χ4v) is 2.37. The summed E-state index contributed by atoms with van der Waals surface area (Å²) in [5.74, 6) is 0.816. The average molecular weight is 296 g/mol. The number of likely N-dealkylation sites (tertiary alicyclic amines) is 1. The lowest BCUT2D eigenvalue weighted by Crippen LogP contribution is -2.56. The molecule has 22 heavy (non-hydrogen) atoms. The van der Waals surface area contributed by atoms with Crippen molar-refractivity contribution in [3.05, 3.63) is 47.8 Å². The molecule has 1 amide bonds. The van der Waals surface area contributed by atoms with Gasteiger partial charge in [-0.15, -0.1) is 0 Å². The van der Waals surface area contributed by atoms with Gasteiger partial charge in [-0.2, -0.15) is 10.4 Å². The Hall–Kier alpha value is -2.81. The van der Waals surface area contributed by atoms with Crippen LogP contribution in [0.1, 0.15) is 11.1 Å². The molecule has 2 aromatic rings. The Labute approximate surface area is 128 Å². The summed E-state index contributed by atoms with van der Waals surface area (Å²) in [6, 6.07) is 9.06. The van der Waals surface area contributed by atoms with Crippen molar-refractivity contribution in [2.75, 3.05) is 13.1 Å². The molecule has 0 radical (unpaired) electrons. The van der Waals surface area contributed by atoms with Gasteiger partial charge in [0.2, 0.25) is 5.91 Å². The number of rotatable bonds is 4. The van der Waals surface area contributed by atoms with Crippen LogP contribution >= 0.6 is 0 Å². The highest BCUT2D eigenvalue weighted by Crippen LogP contribution is 2.19. The first-order valence-corrected chi connectivity index (χ1v) is 7.06. The van der Waals surface area contributed by atoms with Gasteiger partial charge in [0.25, 0.3) is 0 Å². The lowest BCUT2D eigenvalue weighted by molar-refractivity contribution is -0.139. The Balaban J connectivity index is 1.47. The van der Waals surface area contributed by atoms with E-state index in [-0.39, 0.29) is 12.0 Å². The van der Waals surface area contributed by atoms with Crippen LogP contribution in [0.4, 0.5) is 0 Å². The third kappa shape index (κ3) is 3.09. The molecule has 0 atom stereocenters. The summed E-state index contributed by atoms with van der Waals surface area (Å²) >= 11 is 0. The van der Waals surface area contributed by atoms with Crippen molar-refractivity contribution in [2.24, 2.45) is 7.05 Å². The Morgan fingerprint density at radius 3 is 2.73 bits per heavy atom. The highest BCUT2D eigenvalue weighted by Gasteiger charge is 2.32. The number of amides is 1. The van der Waals surface area contributed by atoms with Crippen molar-refractivity contribution < 1.29 is 9.53 Å². The third-order valence-corrected chi connectivity index (χ3v) is 3.60. The minimum atomic E-state index is 0.0192. The molecule has 3 rings (SSSR count). The van der Waals surface area contributed by atoms with E-state index in [2.05, 4.69) is 11.2 Å². The maximum Gasteiger partial charge on any atom is 0.227 e. The first kappa shape index (κ1) is 14.1. The molecule has 1 aromatic carbocycles. The Kier molecular flexibility index (Phi) is 3.79. The van der Waals surface area contributed by atoms with Crippen molar-refractivity contribution in [1.82, 2.24) is 14.7 Å². The number of hydrogen-bond donors (Lipinski definition) is 0. The Bertz CT molecular complexity index is 708. The van der Waals surface area contributed by atoms with E-state index in [1.54, 1.807) is 40.0 Å². The molecule has 6 nitrogen and oxygen atoms in total. The minimum absolute atomic E-state index is 0.0192. The second-order valence-corrected chi connectivity index (χ2v) is 5.37. The molecule has 0 spiro atoms. The van der Waals surface area contributed by atoms with Crippen LogP contribution in [0, 0.1) is 11.3 Å². The van der Waals surface area contributed by atoms with Gasteiger partial charge >= 0.3 is 0 Å². The number of benzene rings is 1. The van der Waals surface area contributed by atoms with Crippen LogP contribution in [0.2, 0.25) is 0 Å². The van der Waals surface area contributed by atoms with Gasteiger partial charge < -0.3 is 9.64 Å². The highest BCUT2D eigenvalue weighted by molar-refractivity contribution is 5.79. The summed E-state index contributed by atoms with van der Waals surface area (Å²) in [5, 5.41) is 12.8. The number of aryl methyl sites for hydroxylation is 1. The molecule has 0 N–H and O–H groups in total. The van der Waals surface area contributed by atoms with Gasteiger partial charge in [-0.05, 0) is 29.8 Å². The molecule has 1 aromatic heterocycles. The predicted octanol–water partition coefficient (Wildman–Crippen LogP) is 1.12. The van der Waals surface area contributed by atoms with Gasteiger partial charge in [-0.25, -0.2) is 0 Å². The van der Waals surface area contributed by atoms with Crippen LogP contribution < -0.4 is 4.74 Å². The van der Waals surface area contributed by atoms with E-state index in [1.807, 2.05) is 13.2 Å². The summed E-state index contributed by atoms with van der Waals surface area (Å²) in [6.07, 6.45) is 3.95. The number of carbonyl (C=O) groups is 1. The Morgan fingerprint density at radius 1 is 1.41 bits per heavy atom. The molecule has 0 aliphatic carbocycles. The number of hydrogen-bond acceptors (Lipinski definition) is 4. The van der Waals surface area contributed by atoms with Crippen LogP contribution in [0.3, 0.4) is 0 Å². The van der Waals surface area contributed by atoms with Gasteiger partial charge in [0.15, 0.2) is 0 Å². The largest absolute Gasteiger partial charge is 0.487 e. The summed E-state index contributed by atoms with van der Waals surface area (Å²) in [5.41, 5.74) is 1.53. The Morgan fingerprint density at radius 2 is 2.14 bits per heavy atom. The van der Waals surface area contributed by atoms with Crippen LogP contribution in [0.25, 0.3) is 0 Å². The summed E-state index contributed by atoms with van der Waals surface area (Å²) < 4.78 is 7.45. The van der Waals surface area contributed by atoms with E-state index in [1.165, 1.54) is 0 Å². The molecule has 6 heteroatoms. The van der Waals surface area contributed by atoms with Gasteiger partial charge in [0, 0.05) is 13.2 Å². The van der Waals surface area contributed by atoms with E-state index >= 15 is 0 Å². The molecule has 112 valence electrons. The highest BCUT2D eigenvalue weighted by atomic mass is 16.5. The second kappa shape index (κ2) is 5.90. The standard InChI is InChI=1S/C16H16N4O2/c1-19-9-13(8-18-19)6-16(21)20-10-15(11-20)22-14-4-2-12(7-17)3-5-14/h2-5,8-9,15H,6,10-11H2,1H3. The number of aromatic nitrogens is 2. The monoisotopic (exact) mass is 296 g/mol. The average Bonchev–Trinajstić information content (AvgIpc) is 2.88. The molecule has 0 unspecified atom stereocenters. The van der Waals surface area contributed by atoms with E-state index in [0.29, 0.717) is 25.1 Å². The van der Waals surface area contributed by atoms with Gasteiger partial charge in [0.1, 0.15) is 11.9 Å². The van der Waals surface area contributed by atoms with Crippen molar-refractivity contribution in [1.29, 1.82) is 5.26 Å².